The van der Waals surface area contributed by atoms with Gasteiger partial charge in [-0.1, -0.05) is 24.3 Å². The number of para-hydroxylation sites is 1. The number of carbonyl (C=O) groups excluding carboxylic acids is 1. The molecule has 4 rings (SSSR count). The molecule has 1 fully saturated rings. The Kier molecular flexibility index (Phi) is 4.40. The number of thiazole rings is 1. The molecule has 1 saturated heterocycles. The van der Waals surface area contributed by atoms with E-state index in [4.69, 9.17) is 4.98 Å². The summed E-state index contributed by atoms with van der Waals surface area (Å²) in [7, 11) is 0. The first-order valence-corrected chi connectivity index (χ1v) is 10.2. The zero-order valence-corrected chi connectivity index (χ0v) is 14.6. The first-order chi connectivity index (χ1) is 11.3. The fraction of sp³-hybridized carbons (Fsp3) is 0.444. The van der Waals surface area contributed by atoms with Crippen LogP contribution in [0.3, 0.4) is 0 Å². The van der Waals surface area contributed by atoms with Crippen molar-refractivity contribution in [1.29, 1.82) is 0 Å². The molecule has 0 saturated carbocycles. The van der Waals surface area contributed by atoms with Gasteiger partial charge in [0, 0.05) is 30.5 Å². The highest BCUT2D eigenvalue weighted by Gasteiger charge is 2.35. The van der Waals surface area contributed by atoms with E-state index in [0.717, 1.165) is 48.0 Å². The largest absolute Gasteiger partial charge is 0.341 e. The normalized spacial score (nSPS) is 25.0. The number of thioether (sulfide) groups is 1. The molecule has 2 aliphatic rings. The molecule has 0 bridgehead atoms. The minimum absolute atomic E-state index is 0.0589. The van der Waals surface area contributed by atoms with Gasteiger partial charge >= 0.3 is 0 Å². The highest BCUT2D eigenvalue weighted by molar-refractivity contribution is 7.99. The molecule has 1 aromatic carbocycles. The molecule has 0 unspecified atom stereocenters. The number of nitrogens with zero attached hydrogens (tertiary/aromatic N) is 2. The van der Waals surface area contributed by atoms with E-state index in [1.165, 1.54) is 4.70 Å². The number of fused-ring (bicyclic) bond motifs is 1. The van der Waals surface area contributed by atoms with Gasteiger partial charge in [0.25, 0.3) is 0 Å². The lowest BCUT2D eigenvalue weighted by atomic mass is 9.82. The number of carbonyl (C=O) groups is 1. The molecule has 23 heavy (non-hydrogen) atoms. The summed E-state index contributed by atoms with van der Waals surface area (Å²) in [4.78, 5) is 19.9. The Morgan fingerprint density at radius 3 is 2.74 bits per heavy atom. The molecule has 5 heteroatoms. The van der Waals surface area contributed by atoms with E-state index in [1.54, 1.807) is 11.3 Å². The van der Waals surface area contributed by atoms with Crippen LogP contribution in [0.15, 0.2) is 36.4 Å². The summed E-state index contributed by atoms with van der Waals surface area (Å²) in [5, 5.41) is 1.13. The highest BCUT2D eigenvalue weighted by atomic mass is 32.2. The summed E-state index contributed by atoms with van der Waals surface area (Å²) >= 11 is 3.70. The molecular formula is C18H20N2OS2. The first-order valence-electron chi connectivity index (χ1n) is 8.20. The van der Waals surface area contributed by atoms with Crippen LogP contribution in [-0.2, 0) is 4.79 Å². The Balaban J connectivity index is 1.62. The van der Waals surface area contributed by atoms with Crippen molar-refractivity contribution in [2.45, 2.75) is 18.8 Å². The van der Waals surface area contributed by atoms with E-state index in [0.29, 0.717) is 5.91 Å². The van der Waals surface area contributed by atoms with E-state index >= 15 is 0 Å². The molecule has 120 valence electrons. The van der Waals surface area contributed by atoms with Crippen LogP contribution in [-0.4, -0.2) is 40.4 Å². The number of amides is 1. The number of hydrogen-bond donors (Lipinski definition) is 0. The molecule has 3 nitrogen and oxygen atoms in total. The second kappa shape index (κ2) is 6.65. The van der Waals surface area contributed by atoms with Crippen molar-refractivity contribution in [3.8, 4) is 0 Å². The number of allylic oxidation sites excluding steroid dienone is 2. The van der Waals surface area contributed by atoms with Crippen molar-refractivity contribution in [3.63, 3.8) is 0 Å². The molecule has 1 aromatic heterocycles. The third-order valence-corrected chi connectivity index (χ3v) is 6.81. The minimum Gasteiger partial charge on any atom is -0.341 e. The zero-order valence-electron chi connectivity index (χ0n) is 13.0. The zero-order chi connectivity index (χ0) is 15.6. The summed E-state index contributed by atoms with van der Waals surface area (Å²) in [5.41, 5.74) is 1.06. The molecule has 2 heterocycles. The second-order valence-electron chi connectivity index (χ2n) is 6.11. The third kappa shape index (κ3) is 3.04. The lowest BCUT2D eigenvalue weighted by Gasteiger charge is -2.33. The average molecular weight is 345 g/mol. The van der Waals surface area contributed by atoms with Crippen LogP contribution in [0.25, 0.3) is 10.2 Å². The summed E-state index contributed by atoms with van der Waals surface area (Å²) in [6.45, 7) is 1.80. The van der Waals surface area contributed by atoms with E-state index in [9.17, 15) is 4.79 Å². The van der Waals surface area contributed by atoms with Gasteiger partial charge in [-0.2, -0.15) is 11.8 Å². The lowest BCUT2D eigenvalue weighted by molar-refractivity contribution is -0.136. The maximum atomic E-state index is 13.0. The van der Waals surface area contributed by atoms with Crippen LogP contribution in [0, 0.1) is 5.92 Å². The van der Waals surface area contributed by atoms with Crippen molar-refractivity contribution in [3.05, 3.63) is 41.4 Å². The number of benzene rings is 1. The number of rotatable bonds is 2. The molecule has 1 amide bonds. The molecule has 0 spiro atoms. The van der Waals surface area contributed by atoms with Gasteiger partial charge in [0.2, 0.25) is 5.91 Å². The average Bonchev–Trinajstić information content (AvgIpc) is 3.06. The van der Waals surface area contributed by atoms with Gasteiger partial charge in [0.1, 0.15) is 0 Å². The summed E-state index contributed by atoms with van der Waals surface area (Å²) in [5.74, 6) is 2.77. The van der Waals surface area contributed by atoms with Crippen LogP contribution in [0.4, 0.5) is 0 Å². The smallest absolute Gasteiger partial charge is 0.226 e. The van der Waals surface area contributed by atoms with Gasteiger partial charge < -0.3 is 4.90 Å². The van der Waals surface area contributed by atoms with Gasteiger partial charge in [0.05, 0.1) is 21.1 Å². The molecule has 0 radical (unpaired) electrons. The Hall–Kier alpha value is -1.33. The highest BCUT2D eigenvalue weighted by Crippen LogP contribution is 2.39. The predicted octanol–water partition coefficient (Wildman–Crippen LogP) is 3.92. The van der Waals surface area contributed by atoms with Crippen molar-refractivity contribution in [1.82, 2.24) is 9.88 Å². The van der Waals surface area contributed by atoms with Crippen LogP contribution < -0.4 is 0 Å². The Morgan fingerprint density at radius 1 is 1.13 bits per heavy atom. The standard InChI is InChI=1S/C18H20N2OS2/c21-18(20-9-11-22-12-10-20)14-6-2-1-5-13(14)17-19-15-7-3-4-8-16(15)23-17/h1-4,7-8,13-14H,5-6,9-12H2/t13-,14-/m0/s1. The van der Waals surface area contributed by atoms with Crippen molar-refractivity contribution in [2.75, 3.05) is 24.6 Å². The molecule has 2 atom stereocenters. The van der Waals surface area contributed by atoms with Crippen LogP contribution in [0.2, 0.25) is 0 Å². The SMILES string of the molecule is O=C([C@H]1CC=CC[C@@H]1c1nc2ccccc2s1)N1CCSCC1. The van der Waals surface area contributed by atoms with E-state index in [1.807, 2.05) is 17.8 Å². The van der Waals surface area contributed by atoms with Crippen molar-refractivity contribution in [2.24, 2.45) is 5.92 Å². The van der Waals surface area contributed by atoms with Crippen LogP contribution in [0.5, 0.6) is 0 Å². The molecular weight excluding hydrogens is 324 g/mol. The van der Waals surface area contributed by atoms with Gasteiger partial charge in [-0.15, -0.1) is 11.3 Å². The third-order valence-electron chi connectivity index (χ3n) is 4.70. The van der Waals surface area contributed by atoms with Gasteiger partial charge in [-0.25, -0.2) is 4.98 Å². The van der Waals surface area contributed by atoms with Crippen molar-refractivity contribution < 1.29 is 4.79 Å². The predicted molar refractivity (Wildman–Crippen MR) is 98.1 cm³/mol. The summed E-state index contributed by atoms with van der Waals surface area (Å²) in [6.07, 6.45) is 6.17. The molecule has 1 aliphatic carbocycles. The van der Waals surface area contributed by atoms with Crippen molar-refractivity contribution >= 4 is 39.2 Å². The topological polar surface area (TPSA) is 33.2 Å². The van der Waals surface area contributed by atoms with Crippen LogP contribution in [0.1, 0.15) is 23.8 Å². The minimum atomic E-state index is 0.0589. The monoisotopic (exact) mass is 344 g/mol. The van der Waals surface area contributed by atoms with E-state index < -0.39 is 0 Å². The lowest BCUT2D eigenvalue weighted by Crippen LogP contribution is -2.43. The quantitative estimate of drug-likeness (QED) is 0.774. The van der Waals surface area contributed by atoms with Gasteiger partial charge in [-0.05, 0) is 25.0 Å². The number of hydrogen-bond acceptors (Lipinski definition) is 4. The maximum Gasteiger partial charge on any atom is 0.226 e. The fourth-order valence-corrected chi connectivity index (χ4v) is 5.48. The van der Waals surface area contributed by atoms with E-state index in [2.05, 4.69) is 35.3 Å². The number of aromatic nitrogens is 1. The Morgan fingerprint density at radius 2 is 1.91 bits per heavy atom. The van der Waals surface area contributed by atoms with Gasteiger partial charge in [0.15, 0.2) is 0 Å². The molecule has 2 aromatic rings. The molecule has 1 aliphatic heterocycles. The maximum absolute atomic E-state index is 13.0. The Bertz CT molecular complexity index is 700. The van der Waals surface area contributed by atoms with E-state index in [-0.39, 0.29) is 11.8 Å². The summed E-state index contributed by atoms with van der Waals surface area (Å²) < 4.78 is 1.22. The summed E-state index contributed by atoms with van der Waals surface area (Å²) in [6, 6.07) is 8.26. The fourth-order valence-electron chi connectivity index (χ4n) is 3.43. The Labute approximate surface area is 144 Å². The van der Waals surface area contributed by atoms with Gasteiger partial charge in [-0.3, -0.25) is 4.79 Å². The molecule has 0 N–H and O–H groups in total. The first kappa shape index (κ1) is 15.2. The second-order valence-corrected chi connectivity index (χ2v) is 8.40. The van der Waals surface area contributed by atoms with Crippen LogP contribution >= 0.6 is 23.1 Å².